The van der Waals surface area contributed by atoms with Crippen molar-refractivity contribution >= 4 is 40.2 Å². The van der Waals surface area contributed by atoms with E-state index >= 15 is 0 Å². The first kappa shape index (κ1) is 19.1. The number of ether oxygens (including phenoxy) is 1. The average Bonchev–Trinajstić information content (AvgIpc) is 2.89. The topological polar surface area (TPSA) is 64.4 Å². The molecule has 3 rings (SSSR count). The van der Waals surface area contributed by atoms with Crippen molar-refractivity contribution in [2.75, 3.05) is 7.11 Å². The molecule has 0 fully saturated rings. The van der Waals surface area contributed by atoms with Crippen LogP contribution in [0.5, 0.6) is 5.75 Å². The zero-order valence-electron chi connectivity index (χ0n) is 14.5. The Kier molecular flexibility index (Phi) is 6.26. The molecule has 5 nitrogen and oxygen atoms in total. The average molecular weight is 363 g/mol. The summed E-state index contributed by atoms with van der Waals surface area (Å²) in [4.78, 5) is 15.1. The number of carboxylic acids is 1. The van der Waals surface area contributed by atoms with Crippen LogP contribution in [0.4, 0.5) is 0 Å². The normalized spacial score (nSPS) is 10.8. The van der Waals surface area contributed by atoms with Crippen molar-refractivity contribution in [3.05, 3.63) is 36.2 Å². The molecule has 0 aliphatic carbocycles. The number of benzene rings is 1. The number of pyridine rings is 1. The monoisotopic (exact) mass is 362 g/mol. The maximum atomic E-state index is 10.6. The molecule has 6 heteroatoms. The summed E-state index contributed by atoms with van der Waals surface area (Å²) in [6.45, 7) is 2.87. The minimum Gasteiger partial charge on any atom is -0.497 e. The standard InChI is InChI=1S/C19H22N2O3.ClH/c1-13-19-16(9-10-20-13)15-8-7-14(24-2)12-17(15)21(19)11-5-3-4-6-18(22)23;/h7-10,12H,3-6,11H2,1-2H3,(H,22,23);1H. The molecule has 1 N–H and O–H groups in total. The molecule has 0 amide bonds. The lowest BCUT2D eigenvalue weighted by Gasteiger charge is -2.09. The quantitative estimate of drug-likeness (QED) is 0.625. The number of fused-ring (bicyclic) bond motifs is 3. The molecule has 0 bridgehead atoms. The number of methoxy groups -OCH3 is 1. The maximum absolute atomic E-state index is 10.6. The Balaban J connectivity index is 0.00000225. The number of unbranched alkanes of at least 4 members (excludes halogenated alkanes) is 2. The summed E-state index contributed by atoms with van der Waals surface area (Å²) >= 11 is 0. The highest BCUT2D eigenvalue weighted by atomic mass is 35.5. The molecule has 2 heterocycles. The third-order valence-electron chi connectivity index (χ3n) is 4.44. The second kappa shape index (κ2) is 8.21. The van der Waals surface area contributed by atoms with Crippen molar-refractivity contribution in [3.63, 3.8) is 0 Å². The molecule has 0 spiro atoms. The molecule has 0 saturated heterocycles. The van der Waals surface area contributed by atoms with Crippen LogP contribution in [0.3, 0.4) is 0 Å². The van der Waals surface area contributed by atoms with Crippen molar-refractivity contribution in [2.45, 2.75) is 39.2 Å². The van der Waals surface area contributed by atoms with Gasteiger partial charge < -0.3 is 14.4 Å². The maximum Gasteiger partial charge on any atom is 0.303 e. The Morgan fingerprint density at radius 3 is 2.72 bits per heavy atom. The summed E-state index contributed by atoms with van der Waals surface area (Å²) in [5, 5.41) is 11.1. The molecular formula is C19H23ClN2O3. The van der Waals surface area contributed by atoms with Gasteiger partial charge in [-0.25, -0.2) is 0 Å². The van der Waals surface area contributed by atoms with Crippen LogP contribution in [0, 0.1) is 6.92 Å². The van der Waals surface area contributed by atoms with Gasteiger partial charge in [0.25, 0.3) is 0 Å². The van der Waals surface area contributed by atoms with Crippen LogP contribution in [0.25, 0.3) is 21.8 Å². The number of hydrogen-bond donors (Lipinski definition) is 1. The van der Waals surface area contributed by atoms with E-state index in [1.165, 1.54) is 10.8 Å². The molecule has 0 atom stereocenters. The lowest BCUT2D eigenvalue weighted by molar-refractivity contribution is -0.137. The van der Waals surface area contributed by atoms with Gasteiger partial charge in [-0.2, -0.15) is 0 Å². The van der Waals surface area contributed by atoms with Crippen LogP contribution in [0.2, 0.25) is 0 Å². The Morgan fingerprint density at radius 2 is 2.00 bits per heavy atom. The molecule has 0 aliphatic rings. The largest absolute Gasteiger partial charge is 0.497 e. The number of aromatic nitrogens is 2. The van der Waals surface area contributed by atoms with Gasteiger partial charge >= 0.3 is 5.97 Å². The summed E-state index contributed by atoms with van der Waals surface area (Å²) in [7, 11) is 1.67. The summed E-state index contributed by atoms with van der Waals surface area (Å²) in [6.07, 6.45) is 4.64. The van der Waals surface area contributed by atoms with Crippen LogP contribution in [-0.4, -0.2) is 27.7 Å². The lowest BCUT2D eigenvalue weighted by atomic mass is 10.1. The minimum absolute atomic E-state index is 0. The molecule has 2 aromatic heterocycles. The first-order chi connectivity index (χ1) is 11.6. The van der Waals surface area contributed by atoms with Gasteiger partial charge in [-0.3, -0.25) is 9.78 Å². The van der Waals surface area contributed by atoms with Crippen molar-refractivity contribution < 1.29 is 14.6 Å². The number of hydrogen-bond acceptors (Lipinski definition) is 3. The van der Waals surface area contributed by atoms with Crippen LogP contribution < -0.4 is 4.74 Å². The third kappa shape index (κ3) is 3.87. The smallest absolute Gasteiger partial charge is 0.303 e. The Morgan fingerprint density at radius 1 is 1.20 bits per heavy atom. The molecule has 0 aliphatic heterocycles. The van der Waals surface area contributed by atoms with Gasteiger partial charge in [0.15, 0.2) is 0 Å². The SMILES string of the molecule is COc1ccc2c3ccnc(C)c3n(CCCCCC(=O)O)c2c1.Cl. The molecule has 25 heavy (non-hydrogen) atoms. The zero-order chi connectivity index (χ0) is 17.1. The van der Waals surface area contributed by atoms with Crippen molar-refractivity contribution in [2.24, 2.45) is 0 Å². The van der Waals surface area contributed by atoms with Gasteiger partial charge in [-0.05, 0) is 38.0 Å². The summed E-state index contributed by atoms with van der Waals surface area (Å²) in [5.41, 5.74) is 3.30. The fourth-order valence-electron chi connectivity index (χ4n) is 3.28. The van der Waals surface area contributed by atoms with Gasteiger partial charge in [0.2, 0.25) is 0 Å². The van der Waals surface area contributed by atoms with E-state index in [0.717, 1.165) is 41.9 Å². The number of aryl methyl sites for hydroxylation is 2. The van der Waals surface area contributed by atoms with Crippen LogP contribution in [0.15, 0.2) is 30.5 Å². The molecular weight excluding hydrogens is 340 g/mol. The highest BCUT2D eigenvalue weighted by Gasteiger charge is 2.13. The third-order valence-corrected chi connectivity index (χ3v) is 4.44. The predicted molar refractivity (Wildman–Crippen MR) is 102 cm³/mol. The van der Waals surface area contributed by atoms with Gasteiger partial charge in [-0.15, -0.1) is 12.4 Å². The Labute approximate surface area is 153 Å². The van der Waals surface area contributed by atoms with Crippen LogP contribution in [-0.2, 0) is 11.3 Å². The Bertz CT molecular complexity index is 889. The first-order valence-electron chi connectivity index (χ1n) is 8.25. The molecule has 134 valence electrons. The number of carboxylic acid groups (broad SMARTS) is 1. The summed E-state index contributed by atoms with van der Waals surface area (Å²) < 4.78 is 7.67. The molecule has 0 unspecified atom stereocenters. The van der Waals surface area contributed by atoms with Gasteiger partial charge in [0, 0.05) is 36.0 Å². The number of carbonyl (C=O) groups is 1. The highest BCUT2D eigenvalue weighted by molar-refractivity contribution is 6.09. The molecule has 3 aromatic rings. The number of rotatable bonds is 7. The van der Waals surface area contributed by atoms with E-state index in [4.69, 9.17) is 9.84 Å². The van der Waals surface area contributed by atoms with Crippen LogP contribution >= 0.6 is 12.4 Å². The highest BCUT2D eigenvalue weighted by Crippen LogP contribution is 2.32. The molecule has 1 aromatic carbocycles. The fraction of sp³-hybridized carbons (Fsp3) is 0.368. The van der Waals surface area contributed by atoms with Gasteiger partial charge in [0.1, 0.15) is 5.75 Å². The number of nitrogens with zero attached hydrogens (tertiary/aromatic N) is 2. The Hall–Kier alpha value is -2.27. The van der Waals surface area contributed by atoms with E-state index in [9.17, 15) is 4.79 Å². The van der Waals surface area contributed by atoms with Gasteiger partial charge in [-0.1, -0.05) is 6.42 Å². The van der Waals surface area contributed by atoms with E-state index in [1.807, 2.05) is 19.2 Å². The second-order valence-corrected chi connectivity index (χ2v) is 6.03. The van der Waals surface area contributed by atoms with E-state index in [0.29, 0.717) is 6.42 Å². The fourth-order valence-corrected chi connectivity index (χ4v) is 3.28. The van der Waals surface area contributed by atoms with Crippen molar-refractivity contribution in [1.82, 2.24) is 9.55 Å². The molecule has 0 radical (unpaired) electrons. The van der Waals surface area contributed by atoms with E-state index in [-0.39, 0.29) is 18.8 Å². The van der Waals surface area contributed by atoms with Crippen molar-refractivity contribution in [1.29, 1.82) is 0 Å². The van der Waals surface area contributed by atoms with E-state index in [2.05, 4.69) is 27.8 Å². The molecule has 0 saturated carbocycles. The number of aliphatic carboxylic acids is 1. The van der Waals surface area contributed by atoms with Gasteiger partial charge in [0.05, 0.1) is 23.8 Å². The van der Waals surface area contributed by atoms with E-state index in [1.54, 1.807) is 7.11 Å². The predicted octanol–water partition coefficient (Wildman–Crippen LogP) is 4.57. The lowest BCUT2D eigenvalue weighted by Crippen LogP contribution is -2.01. The minimum atomic E-state index is -0.725. The van der Waals surface area contributed by atoms with E-state index < -0.39 is 5.97 Å². The summed E-state index contributed by atoms with van der Waals surface area (Å²) in [5.74, 6) is 0.111. The second-order valence-electron chi connectivity index (χ2n) is 6.03. The van der Waals surface area contributed by atoms with Crippen LogP contribution in [0.1, 0.15) is 31.4 Å². The zero-order valence-corrected chi connectivity index (χ0v) is 15.3. The first-order valence-corrected chi connectivity index (χ1v) is 8.25. The van der Waals surface area contributed by atoms with Crippen molar-refractivity contribution in [3.8, 4) is 5.75 Å². The number of halogens is 1. The summed E-state index contributed by atoms with van der Waals surface area (Å²) in [6, 6.07) is 8.19.